The largest absolute Gasteiger partial charge is 0.744 e. The molecule has 92 heavy (non-hydrogen) atoms. The normalized spacial score (nSPS) is 17.4. The third kappa shape index (κ3) is 18.6. The third-order valence-corrected chi connectivity index (χ3v) is 18.7. The van der Waals surface area contributed by atoms with Gasteiger partial charge < -0.3 is 75.3 Å². The maximum absolute atomic E-state index is 12.8. The van der Waals surface area contributed by atoms with Gasteiger partial charge in [0.15, 0.2) is 12.3 Å². The molecule has 29 nitrogen and oxygen atoms in total. The second-order valence-electron chi connectivity index (χ2n) is 21.8. The van der Waals surface area contributed by atoms with E-state index in [1.807, 2.05) is 16.4 Å². The lowest BCUT2D eigenvalue weighted by atomic mass is 9.76. The average molecular weight is 1370 g/mol. The minimum absolute atomic E-state index is 0.000786. The van der Waals surface area contributed by atoms with Crippen molar-refractivity contribution in [2.24, 2.45) is 0 Å². The van der Waals surface area contributed by atoms with Crippen molar-refractivity contribution in [2.75, 3.05) is 151 Å². The first-order valence-corrected chi connectivity index (χ1v) is 34.7. The number of hydroxylamine groups is 2. The molecular weight excluding hydrogens is 1290 g/mol. The van der Waals surface area contributed by atoms with Crippen molar-refractivity contribution in [3.8, 4) is 0 Å². The fraction of sp³-hybridized carbons (Fsp3) is 0.525. The van der Waals surface area contributed by atoms with E-state index in [1.54, 1.807) is 51.3 Å². The zero-order valence-electron chi connectivity index (χ0n) is 51.4. The molecule has 0 aliphatic carbocycles. The summed E-state index contributed by atoms with van der Waals surface area (Å²) >= 11 is 0. The molecule has 4 aromatic carbocycles. The predicted molar refractivity (Wildman–Crippen MR) is 321 cm³/mol. The highest BCUT2D eigenvalue weighted by Gasteiger charge is 2.47. The number of rotatable bonds is 40. The highest BCUT2D eigenvalue weighted by Crippen LogP contribution is 2.54. The maximum Gasteiger partial charge on any atom is 0.335 e. The number of amides is 2. The maximum atomic E-state index is 12.8. The van der Waals surface area contributed by atoms with Crippen LogP contribution in [-0.4, -0.2) is 231 Å². The molecule has 3 aliphatic heterocycles. The van der Waals surface area contributed by atoms with Gasteiger partial charge in [0, 0.05) is 80.1 Å². The summed E-state index contributed by atoms with van der Waals surface area (Å²) in [6, 6.07) is 9.07. The summed E-state index contributed by atoms with van der Waals surface area (Å²) in [5, 5.41) is 0.214. The third-order valence-electron chi connectivity index (χ3n) is 15.3. The van der Waals surface area contributed by atoms with Gasteiger partial charge in [-0.2, -0.15) is 4.58 Å². The summed E-state index contributed by atoms with van der Waals surface area (Å²) in [6.07, 6.45) is 5.18. The van der Waals surface area contributed by atoms with Gasteiger partial charge in [0.05, 0.1) is 137 Å². The number of benzene rings is 4. The summed E-state index contributed by atoms with van der Waals surface area (Å²) in [5.41, 5.74) is 0.331. The quantitative estimate of drug-likeness (QED) is 0.0267. The topological polar surface area (TPSA) is 391 Å². The fourth-order valence-corrected chi connectivity index (χ4v) is 13.7. The van der Waals surface area contributed by atoms with Gasteiger partial charge in [-0.25, -0.2) is 38.5 Å². The number of ether oxygens (including phenoxy) is 10. The predicted octanol–water partition coefficient (Wildman–Crippen LogP) is 3.02. The molecule has 0 saturated carbocycles. The molecule has 0 spiro atoms. The summed E-state index contributed by atoms with van der Waals surface area (Å²) in [7, 11) is -18.4. The number of anilines is 1. The zero-order chi connectivity index (χ0) is 67.1. The van der Waals surface area contributed by atoms with Crippen LogP contribution in [-0.2, 0) is 118 Å². The molecule has 0 aromatic heterocycles. The molecule has 3 aliphatic rings. The Labute approximate surface area is 534 Å². The number of hydrogen-bond acceptors (Lipinski definition) is 27. The Morgan fingerprint density at radius 1 is 0.543 bits per heavy atom. The first-order valence-electron chi connectivity index (χ1n) is 29.1. The lowest BCUT2D eigenvalue weighted by molar-refractivity contribution is -0.442. The summed E-state index contributed by atoms with van der Waals surface area (Å²) in [5.74, 6) is -1.92. The van der Waals surface area contributed by atoms with Gasteiger partial charge in [-0.05, 0) is 91.4 Å². The molecule has 4 aromatic rings. The standard InChI is InChI=1S/C59H77N3O26S4/c1-58(2)51(7-6-8-52-59(3,16-20-81-26-29-85-32-31-83-24-23-79-5)57-46-38-42(90(69,70)71)40-50(92(75,76)77)44(46)10-12-48(57)61(52)17-21-78-4)60(47-11-9-43-45(56(47)58)37-41(89(66,67)68)39-49(43)91(72,73)74)18-22-82-27-30-86-34-36-87-35-33-84-28-25-80-19-15-55(65)88-62-53(63)13-14-54(62)64/h6-12,37-40H,13-36H2,1-5H3,(H3-,66,67,68,69,70,71,72,73,74,75,76,77)/p-3. The first-order chi connectivity index (χ1) is 43.5. The van der Waals surface area contributed by atoms with E-state index in [4.69, 9.17) is 52.2 Å². The van der Waals surface area contributed by atoms with E-state index in [-0.39, 0.29) is 159 Å². The number of nitrogens with zero attached hydrogens (tertiary/aromatic N) is 3. The van der Waals surface area contributed by atoms with Gasteiger partial charge in [0.2, 0.25) is 5.69 Å². The van der Waals surface area contributed by atoms with Crippen LogP contribution in [0.15, 0.2) is 92.0 Å². The van der Waals surface area contributed by atoms with Crippen LogP contribution in [0.3, 0.4) is 0 Å². The Balaban J connectivity index is 1.12. The fourth-order valence-electron chi connectivity index (χ4n) is 11.0. The Hall–Kier alpha value is -5.80. The molecule has 0 N–H and O–H groups in total. The van der Waals surface area contributed by atoms with E-state index in [9.17, 15) is 66.3 Å². The summed E-state index contributed by atoms with van der Waals surface area (Å²) in [4.78, 5) is 38.1. The van der Waals surface area contributed by atoms with Crippen molar-refractivity contribution < 1.29 is 123 Å². The second kappa shape index (κ2) is 32.6. The van der Waals surface area contributed by atoms with Gasteiger partial charge >= 0.3 is 5.97 Å². The molecular formula is C59H74N3O26S4-3. The number of hydrogen-bond donors (Lipinski definition) is 0. The van der Waals surface area contributed by atoms with Crippen molar-refractivity contribution in [1.82, 2.24) is 5.06 Å². The highest BCUT2D eigenvalue weighted by atomic mass is 32.2. The Morgan fingerprint density at radius 3 is 1.47 bits per heavy atom. The van der Waals surface area contributed by atoms with Crippen LogP contribution in [0.4, 0.5) is 11.4 Å². The highest BCUT2D eigenvalue weighted by molar-refractivity contribution is 7.87. The van der Waals surface area contributed by atoms with E-state index in [0.29, 0.717) is 70.9 Å². The molecule has 1 unspecified atom stereocenters. The molecule has 1 atom stereocenters. The van der Waals surface area contributed by atoms with Crippen LogP contribution in [0.5, 0.6) is 0 Å². The van der Waals surface area contributed by atoms with Crippen molar-refractivity contribution in [2.45, 2.75) is 76.9 Å². The van der Waals surface area contributed by atoms with E-state index in [2.05, 4.69) is 0 Å². The number of methoxy groups -OCH3 is 2. The van der Waals surface area contributed by atoms with Gasteiger partial charge in [0.1, 0.15) is 47.1 Å². The van der Waals surface area contributed by atoms with E-state index < -0.39 is 88.7 Å². The van der Waals surface area contributed by atoms with Crippen LogP contribution < -0.4 is 4.90 Å². The van der Waals surface area contributed by atoms with Gasteiger partial charge in [0.25, 0.3) is 11.8 Å². The van der Waals surface area contributed by atoms with Crippen LogP contribution in [0, 0.1) is 0 Å². The summed E-state index contributed by atoms with van der Waals surface area (Å²) < 4.78 is 210. The van der Waals surface area contributed by atoms with Crippen LogP contribution >= 0.6 is 0 Å². The first kappa shape index (κ1) is 73.6. The average Bonchev–Trinajstić information content (AvgIpc) is 1.53. The molecule has 1 saturated heterocycles. The van der Waals surface area contributed by atoms with E-state index in [1.165, 1.54) is 19.2 Å². The second-order valence-corrected chi connectivity index (χ2v) is 27.2. The number of fused-ring (bicyclic) bond motifs is 6. The van der Waals surface area contributed by atoms with Gasteiger partial charge in [-0.15, -0.1) is 5.06 Å². The molecule has 508 valence electrons. The number of imide groups is 1. The van der Waals surface area contributed by atoms with Crippen molar-refractivity contribution in [3.05, 3.63) is 83.6 Å². The molecule has 3 heterocycles. The SMILES string of the molecule is COCCOCCOCCOCCC1(C)C(=CC=CC2=[N+](CCOCCOCCOCCOCCOCCC(=O)ON3C(=O)CCC3=O)c3ccc4c(S(=O)(=O)[O-])cc(S(=O)(=O)[O-])cc4c3C2(C)C)N(CCOC)c2ccc3c(S(=O)(=O)[O-])cc(S(=O)(=O)[O-])cc3c21. The monoisotopic (exact) mass is 1370 g/mol. The van der Waals surface area contributed by atoms with Crippen molar-refractivity contribution in [3.63, 3.8) is 0 Å². The number of allylic oxidation sites excluding steroid dienone is 4. The molecule has 33 heteroatoms. The Morgan fingerprint density at radius 2 is 0.989 bits per heavy atom. The van der Waals surface area contributed by atoms with Crippen molar-refractivity contribution >= 4 is 96.9 Å². The molecule has 1 fully saturated rings. The van der Waals surface area contributed by atoms with Crippen LogP contribution in [0.2, 0.25) is 0 Å². The van der Waals surface area contributed by atoms with E-state index >= 15 is 0 Å². The molecule has 7 rings (SSSR count). The molecule has 0 radical (unpaired) electrons. The number of carbonyl (C=O) groups excluding carboxylic acids is 3. The Kier molecular flexibility index (Phi) is 26.1. The lowest BCUT2D eigenvalue weighted by Gasteiger charge is -2.31. The molecule has 0 bridgehead atoms. The number of carbonyl (C=O) groups is 3. The van der Waals surface area contributed by atoms with Gasteiger partial charge in [-0.3, -0.25) is 9.59 Å². The van der Waals surface area contributed by atoms with Crippen molar-refractivity contribution in [1.29, 1.82) is 0 Å². The van der Waals surface area contributed by atoms with Gasteiger partial charge in [-0.1, -0.05) is 12.1 Å². The van der Waals surface area contributed by atoms with E-state index in [0.717, 1.165) is 12.1 Å². The molecule has 2 amide bonds. The smallest absolute Gasteiger partial charge is 0.335 e. The Bertz CT molecular complexity index is 3880. The van der Waals surface area contributed by atoms with Crippen LogP contribution in [0.25, 0.3) is 21.5 Å². The minimum atomic E-state index is -5.38. The lowest BCUT2D eigenvalue weighted by Crippen LogP contribution is -2.32. The zero-order valence-corrected chi connectivity index (χ0v) is 54.7. The summed E-state index contributed by atoms with van der Waals surface area (Å²) in [6.45, 7) is 9.20. The van der Waals surface area contributed by atoms with Crippen LogP contribution in [0.1, 0.15) is 57.6 Å². The minimum Gasteiger partial charge on any atom is -0.744 e.